The standard InChI is InChI=1S/C11H13N3O3/c15-9-12-6-7-13(14(16)17)8-11(12)10-4-2-1-3-5-10/h1-5,9,11H,6-8H2. The van der Waals surface area contributed by atoms with Gasteiger partial charge in [0.25, 0.3) is 0 Å². The van der Waals surface area contributed by atoms with Crippen LogP contribution in [0.25, 0.3) is 0 Å². The highest BCUT2D eigenvalue weighted by Gasteiger charge is 2.31. The van der Waals surface area contributed by atoms with Crippen LogP contribution in [0.3, 0.4) is 0 Å². The van der Waals surface area contributed by atoms with Crippen LogP contribution in [0.5, 0.6) is 0 Å². The second kappa shape index (κ2) is 4.82. The first-order valence-electron chi connectivity index (χ1n) is 5.37. The van der Waals surface area contributed by atoms with E-state index in [0.717, 1.165) is 17.0 Å². The molecular formula is C11H13N3O3. The third-order valence-corrected chi connectivity index (χ3v) is 2.95. The number of hydrogen-bond acceptors (Lipinski definition) is 3. The van der Waals surface area contributed by atoms with Gasteiger partial charge in [0.05, 0.1) is 12.6 Å². The molecule has 1 amide bonds. The average Bonchev–Trinajstić information content (AvgIpc) is 2.39. The zero-order chi connectivity index (χ0) is 12.3. The maximum absolute atomic E-state index is 11.0. The number of nitrogens with zero attached hydrogens (tertiary/aromatic N) is 3. The van der Waals surface area contributed by atoms with E-state index >= 15 is 0 Å². The molecule has 1 atom stereocenters. The summed E-state index contributed by atoms with van der Waals surface area (Å²) in [7, 11) is 0. The van der Waals surface area contributed by atoms with E-state index in [-0.39, 0.29) is 19.1 Å². The third-order valence-electron chi connectivity index (χ3n) is 2.95. The third kappa shape index (κ3) is 2.35. The zero-order valence-electron chi connectivity index (χ0n) is 9.23. The maximum Gasteiger partial charge on any atom is 0.210 e. The first-order valence-corrected chi connectivity index (χ1v) is 5.37. The smallest absolute Gasteiger partial charge is 0.210 e. The second-order valence-electron chi connectivity index (χ2n) is 3.92. The molecular weight excluding hydrogens is 222 g/mol. The van der Waals surface area contributed by atoms with E-state index < -0.39 is 5.03 Å². The monoisotopic (exact) mass is 235 g/mol. The van der Waals surface area contributed by atoms with Gasteiger partial charge in [-0.15, -0.1) is 5.01 Å². The highest BCUT2D eigenvalue weighted by Crippen LogP contribution is 2.23. The fraction of sp³-hybridized carbons (Fsp3) is 0.364. The summed E-state index contributed by atoms with van der Waals surface area (Å²) in [6, 6.07) is 9.12. The molecule has 0 aliphatic carbocycles. The quantitative estimate of drug-likeness (QED) is 0.439. The van der Waals surface area contributed by atoms with E-state index in [4.69, 9.17) is 0 Å². The first kappa shape index (κ1) is 11.4. The van der Waals surface area contributed by atoms with E-state index in [9.17, 15) is 14.9 Å². The molecule has 1 aliphatic heterocycles. The molecule has 1 heterocycles. The summed E-state index contributed by atoms with van der Waals surface area (Å²) in [6.07, 6.45) is 0.759. The lowest BCUT2D eigenvalue weighted by atomic mass is 10.0. The van der Waals surface area contributed by atoms with Gasteiger partial charge in [0.2, 0.25) is 6.41 Å². The van der Waals surface area contributed by atoms with Crippen LogP contribution in [0, 0.1) is 10.1 Å². The Labute approximate surface area is 98.6 Å². The summed E-state index contributed by atoms with van der Waals surface area (Å²) in [5.41, 5.74) is 0.922. The van der Waals surface area contributed by atoms with Crippen molar-refractivity contribution in [3.8, 4) is 0 Å². The minimum absolute atomic E-state index is 0.232. The summed E-state index contributed by atoms with van der Waals surface area (Å²) in [5, 5.41) is 11.5. The number of hydrazine groups is 1. The molecule has 6 heteroatoms. The zero-order valence-corrected chi connectivity index (χ0v) is 9.23. The number of rotatable bonds is 3. The van der Waals surface area contributed by atoms with Crippen molar-refractivity contribution in [2.75, 3.05) is 19.6 Å². The Balaban J connectivity index is 2.21. The molecule has 6 nitrogen and oxygen atoms in total. The van der Waals surface area contributed by atoms with Crippen molar-refractivity contribution in [2.24, 2.45) is 0 Å². The molecule has 1 aromatic carbocycles. The minimum Gasteiger partial charge on any atom is -0.334 e. The number of nitro groups is 1. The normalized spacial score (nSPS) is 20.1. The molecule has 1 saturated heterocycles. The highest BCUT2D eigenvalue weighted by atomic mass is 16.7. The van der Waals surface area contributed by atoms with Crippen molar-refractivity contribution < 1.29 is 9.83 Å². The van der Waals surface area contributed by atoms with Gasteiger partial charge in [-0.25, -0.2) is 10.1 Å². The van der Waals surface area contributed by atoms with E-state index in [0.29, 0.717) is 6.54 Å². The number of hydrogen-bond donors (Lipinski definition) is 0. The molecule has 1 fully saturated rings. The highest BCUT2D eigenvalue weighted by molar-refractivity contribution is 5.49. The van der Waals surface area contributed by atoms with Crippen LogP contribution in [0.4, 0.5) is 0 Å². The summed E-state index contributed by atoms with van der Waals surface area (Å²) >= 11 is 0. The van der Waals surface area contributed by atoms with E-state index in [1.165, 1.54) is 0 Å². The topological polar surface area (TPSA) is 66.7 Å². The van der Waals surface area contributed by atoms with E-state index in [1.807, 2.05) is 30.3 Å². The van der Waals surface area contributed by atoms with Crippen LogP contribution in [0.1, 0.15) is 11.6 Å². The van der Waals surface area contributed by atoms with E-state index in [1.54, 1.807) is 4.90 Å². The van der Waals surface area contributed by atoms with Gasteiger partial charge in [-0.2, -0.15) is 0 Å². The summed E-state index contributed by atoms with van der Waals surface area (Å²) < 4.78 is 0. The summed E-state index contributed by atoms with van der Waals surface area (Å²) in [5.74, 6) is 0. The molecule has 0 radical (unpaired) electrons. The molecule has 0 spiro atoms. The van der Waals surface area contributed by atoms with Crippen LogP contribution < -0.4 is 0 Å². The van der Waals surface area contributed by atoms with Crippen molar-refractivity contribution >= 4 is 6.41 Å². The molecule has 1 aliphatic rings. The van der Waals surface area contributed by atoms with Gasteiger partial charge < -0.3 is 4.90 Å². The van der Waals surface area contributed by atoms with Crippen LogP contribution in [-0.2, 0) is 4.79 Å². The fourth-order valence-electron chi connectivity index (χ4n) is 2.03. The SMILES string of the molecule is O=CN1CCN([N+](=O)[O-])CC1c1ccccc1. The Morgan fingerprint density at radius 1 is 1.29 bits per heavy atom. The number of piperazine rings is 1. The largest absolute Gasteiger partial charge is 0.334 e. The predicted molar refractivity (Wildman–Crippen MR) is 60.5 cm³/mol. The molecule has 90 valence electrons. The lowest BCUT2D eigenvalue weighted by Gasteiger charge is -2.35. The molecule has 1 unspecified atom stereocenters. The lowest BCUT2D eigenvalue weighted by Crippen LogP contribution is -2.49. The maximum atomic E-state index is 11.0. The van der Waals surface area contributed by atoms with Gasteiger partial charge in [0.15, 0.2) is 5.03 Å². The van der Waals surface area contributed by atoms with Gasteiger partial charge in [-0.05, 0) is 5.56 Å². The van der Waals surface area contributed by atoms with Crippen molar-refractivity contribution in [1.29, 1.82) is 0 Å². The Morgan fingerprint density at radius 3 is 2.59 bits per heavy atom. The molecule has 1 aromatic rings. The Morgan fingerprint density at radius 2 is 2.00 bits per heavy atom. The Bertz CT molecular complexity index is 410. The molecule has 17 heavy (non-hydrogen) atoms. The molecule has 0 aromatic heterocycles. The van der Waals surface area contributed by atoms with Crippen molar-refractivity contribution in [3.63, 3.8) is 0 Å². The van der Waals surface area contributed by atoms with Gasteiger partial charge >= 0.3 is 0 Å². The van der Waals surface area contributed by atoms with Crippen molar-refractivity contribution in [2.45, 2.75) is 6.04 Å². The number of amides is 1. The van der Waals surface area contributed by atoms with Crippen LogP contribution >= 0.6 is 0 Å². The average molecular weight is 235 g/mol. The second-order valence-corrected chi connectivity index (χ2v) is 3.92. The Kier molecular flexibility index (Phi) is 3.22. The summed E-state index contributed by atoms with van der Waals surface area (Å²) in [6.45, 7) is 0.884. The first-order chi connectivity index (χ1) is 8.22. The lowest BCUT2D eigenvalue weighted by molar-refractivity contribution is -0.659. The predicted octanol–water partition coefficient (Wildman–Crippen LogP) is 0.693. The van der Waals surface area contributed by atoms with Gasteiger partial charge in [-0.3, -0.25) is 4.79 Å². The summed E-state index contributed by atoms with van der Waals surface area (Å²) in [4.78, 5) is 23.3. The fourth-order valence-corrected chi connectivity index (χ4v) is 2.03. The van der Waals surface area contributed by atoms with Crippen LogP contribution in [0.2, 0.25) is 0 Å². The molecule has 0 saturated carbocycles. The van der Waals surface area contributed by atoms with Crippen molar-refractivity contribution in [3.05, 3.63) is 46.0 Å². The van der Waals surface area contributed by atoms with Gasteiger partial charge in [0.1, 0.15) is 6.54 Å². The van der Waals surface area contributed by atoms with Crippen molar-refractivity contribution in [1.82, 2.24) is 9.91 Å². The molecule has 0 bridgehead atoms. The number of benzene rings is 1. The van der Waals surface area contributed by atoms with Gasteiger partial charge in [-0.1, -0.05) is 30.3 Å². The number of carbonyl (C=O) groups excluding carboxylic acids is 1. The Hall–Kier alpha value is -2.11. The van der Waals surface area contributed by atoms with Gasteiger partial charge in [0, 0.05) is 6.54 Å². The van der Waals surface area contributed by atoms with E-state index in [2.05, 4.69) is 0 Å². The van der Waals surface area contributed by atoms with Crippen LogP contribution in [0.15, 0.2) is 30.3 Å². The number of carbonyl (C=O) groups is 1. The molecule has 2 rings (SSSR count). The molecule has 0 N–H and O–H groups in total. The minimum atomic E-state index is -0.405. The van der Waals surface area contributed by atoms with Crippen LogP contribution in [-0.4, -0.2) is 41.0 Å².